The molecule has 0 radical (unpaired) electrons. The third-order valence-corrected chi connectivity index (χ3v) is 3.15. The molecule has 14 heavy (non-hydrogen) atoms. The molecule has 0 saturated heterocycles. The van der Waals surface area contributed by atoms with Crippen LogP contribution in [0.2, 0.25) is 0 Å². The van der Waals surface area contributed by atoms with Crippen LogP contribution in [-0.4, -0.2) is 18.7 Å². The molecule has 0 N–H and O–H groups in total. The molecule has 0 saturated carbocycles. The molecule has 82 valence electrons. The van der Waals surface area contributed by atoms with Gasteiger partial charge in [-0.15, -0.1) is 0 Å². The van der Waals surface area contributed by atoms with Crippen molar-refractivity contribution in [2.75, 3.05) is 13.2 Å². The Morgan fingerprint density at radius 3 is 1.93 bits per heavy atom. The molecule has 0 atom stereocenters. The highest BCUT2D eigenvalue weighted by Crippen LogP contribution is 2.49. The summed E-state index contributed by atoms with van der Waals surface area (Å²) in [7, 11) is -3.58. The lowest BCUT2D eigenvalue weighted by Gasteiger charge is -2.13. The monoisotopic (exact) mass is 220 g/mol. The van der Waals surface area contributed by atoms with Crippen molar-refractivity contribution in [3.8, 4) is 0 Å². The fraction of sp³-hybridized carbons (Fsp3) is 0.667. The summed E-state index contributed by atoms with van der Waals surface area (Å²) in [5.41, 5.74) is 0.191. The Morgan fingerprint density at radius 1 is 1.21 bits per heavy atom. The number of carbonyl (C=O) groups excluding carboxylic acids is 1. The van der Waals surface area contributed by atoms with Crippen LogP contribution in [0.4, 0.5) is 0 Å². The fourth-order valence-corrected chi connectivity index (χ4v) is 2.26. The molecule has 0 spiro atoms. The van der Waals surface area contributed by atoms with Crippen molar-refractivity contribution in [3.63, 3.8) is 0 Å². The smallest absolute Gasteiger partial charge is 0.303 e. The molecule has 0 aliphatic heterocycles. The van der Waals surface area contributed by atoms with E-state index in [0.29, 0.717) is 0 Å². The van der Waals surface area contributed by atoms with Crippen molar-refractivity contribution in [2.24, 2.45) is 0 Å². The van der Waals surface area contributed by atoms with Crippen molar-refractivity contribution in [1.29, 1.82) is 0 Å². The molecule has 0 heterocycles. The van der Waals surface area contributed by atoms with E-state index >= 15 is 0 Å². The van der Waals surface area contributed by atoms with Gasteiger partial charge in [0.25, 0.3) is 5.52 Å². The van der Waals surface area contributed by atoms with Crippen molar-refractivity contribution in [2.45, 2.75) is 27.7 Å². The third kappa shape index (κ3) is 4.18. The summed E-state index contributed by atoms with van der Waals surface area (Å²) in [5.74, 6) is 0. The molecular formula is C9H17O4P. The number of hydrogen-bond donors (Lipinski definition) is 0. The number of hydrogen-bond acceptors (Lipinski definition) is 4. The summed E-state index contributed by atoms with van der Waals surface area (Å²) >= 11 is 0. The summed E-state index contributed by atoms with van der Waals surface area (Å²) in [4.78, 5) is 11.5. The van der Waals surface area contributed by atoms with E-state index in [1.165, 1.54) is 6.08 Å². The van der Waals surface area contributed by atoms with Crippen molar-refractivity contribution >= 4 is 13.1 Å². The molecule has 0 amide bonds. The minimum Gasteiger partial charge on any atom is -0.303 e. The van der Waals surface area contributed by atoms with Crippen LogP contribution in [0.15, 0.2) is 11.6 Å². The first-order valence-corrected chi connectivity index (χ1v) is 6.09. The zero-order valence-electron chi connectivity index (χ0n) is 9.07. The molecular weight excluding hydrogens is 203 g/mol. The van der Waals surface area contributed by atoms with E-state index in [1.54, 1.807) is 27.7 Å². The van der Waals surface area contributed by atoms with Crippen molar-refractivity contribution in [3.05, 3.63) is 11.6 Å². The minimum absolute atomic E-state index is 0.194. The largest absolute Gasteiger partial charge is 0.400 e. The van der Waals surface area contributed by atoms with E-state index in [4.69, 9.17) is 9.05 Å². The van der Waals surface area contributed by atoms with E-state index in [0.717, 1.165) is 5.57 Å². The molecule has 0 fully saturated rings. The molecule has 0 aliphatic rings. The molecule has 0 aromatic heterocycles. The molecule has 0 aromatic rings. The zero-order chi connectivity index (χ0) is 11.2. The van der Waals surface area contributed by atoms with E-state index in [2.05, 4.69) is 0 Å². The quantitative estimate of drug-likeness (QED) is 0.510. The van der Waals surface area contributed by atoms with Gasteiger partial charge in [-0.1, -0.05) is 5.57 Å². The summed E-state index contributed by atoms with van der Waals surface area (Å²) in [5, 5.41) is 0. The predicted octanol–water partition coefficient (Wildman–Crippen LogP) is 2.75. The fourth-order valence-electron chi connectivity index (χ4n) is 0.830. The minimum atomic E-state index is -3.58. The predicted molar refractivity (Wildman–Crippen MR) is 55.3 cm³/mol. The summed E-state index contributed by atoms with van der Waals surface area (Å²) in [6.07, 6.45) is 1.28. The molecule has 5 heteroatoms. The van der Waals surface area contributed by atoms with Gasteiger partial charge in [0.15, 0.2) is 0 Å². The Labute approximate surface area is 84.8 Å². The van der Waals surface area contributed by atoms with Gasteiger partial charge in [-0.25, -0.2) is 0 Å². The molecule has 0 rings (SSSR count). The molecule has 0 bridgehead atoms. The lowest BCUT2D eigenvalue weighted by atomic mass is 10.3. The van der Waals surface area contributed by atoms with Gasteiger partial charge in [0.05, 0.1) is 13.2 Å². The Bertz CT molecular complexity index is 256. The molecule has 4 nitrogen and oxygen atoms in total. The lowest BCUT2D eigenvalue weighted by Crippen LogP contribution is -2.04. The third-order valence-electron chi connectivity index (χ3n) is 1.28. The SMILES string of the molecule is CCOP(=O)(OCC)C(=O)C=C(C)C. The van der Waals surface area contributed by atoms with Crippen LogP contribution in [-0.2, 0) is 18.4 Å². The molecule has 0 unspecified atom stereocenters. The highest BCUT2D eigenvalue weighted by molar-refractivity contribution is 7.72. The summed E-state index contributed by atoms with van der Waals surface area (Å²) in [6, 6.07) is 0. The van der Waals surface area contributed by atoms with E-state index in [9.17, 15) is 9.36 Å². The van der Waals surface area contributed by atoms with Crippen molar-refractivity contribution in [1.82, 2.24) is 0 Å². The van der Waals surface area contributed by atoms with E-state index in [1.807, 2.05) is 0 Å². The Morgan fingerprint density at radius 2 is 1.64 bits per heavy atom. The van der Waals surface area contributed by atoms with Gasteiger partial charge in [0.2, 0.25) is 0 Å². The standard InChI is InChI=1S/C9H17O4P/c1-5-12-14(11,13-6-2)9(10)7-8(3)4/h7H,5-6H2,1-4H3. The second kappa shape index (κ2) is 6.12. The maximum atomic E-state index is 11.8. The summed E-state index contributed by atoms with van der Waals surface area (Å²) < 4.78 is 21.6. The average Bonchev–Trinajstić information content (AvgIpc) is 2.03. The van der Waals surface area contributed by atoms with Crippen LogP contribution in [0.5, 0.6) is 0 Å². The first-order valence-electron chi connectivity index (χ1n) is 4.54. The topological polar surface area (TPSA) is 52.6 Å². The van der Waals surface area contributed by atoms with Crippen LogP contribution < -0.4 is 0 Å². The van der Waals surface area contributed by atoms with Gasteiger partial charge >= 0.3 is 7.60 Å². The highest BCUT2D eigenvalue weighted by atomic mass is 31.2. The number of rotatable bonds is 6. The number of carbonyl (C=O) groups is 1. The second-order valence-corrected chi connectivity index (χ2v) is 4.85. The van der Waals surface area contributed by atoms with E-state index in [-0.39, 0.29) is 13.2 Å². The lowest BCUT2D eigenvalue weighted by molar-refractivity contribution is -0.109. The van der Waals surface area contributed by atoms with Gasteiger partial charge in [-0.3, -0.25) is 9.36 Å². The first-order chi connectivity index (χ1) is 6.46. The Hall–Kier alpha value is -0.440. The first kappa shape index (κ1) is 13.6. The second-order valence-electron chi connectivity index (χ2n) is 2.89. The van der Waals surface area contributed by atoms with Crippen molar-refractivity contribution < 1.29 is 18.4 Å². The Balaban J connectivity index is 4.73. The van der Waals surface area contributed by atoms with Crippen LogP contribution in [0.25, 0.3) is 0 Å². The van der Waals surface area contributed by atoms with E-state index < -0.39 is 13.1 Å². The van der Waals surface area contributed by atoms with Crippen LogP contribution in [0.3, 0.4) is 0 Å². The van der Waals surface area contributed by atoms with Crippen LogP contribution in [0, 0.1) is 0 Å². The highest BCUT2D eigenvalue weighted by Gasteiger charge is 2.31. The van der Waals surface area contributed by atoms with Gasteiger partial charge in [-0.2, -0.15) is 0 Å². The van der Waals surface area contributed by atoms with Gasteiger partial charge in [-0.05, 0) is 33.8 Å². The number of allylic oxidation sites excluding steroid dienone is 2. The maximum Gasteiger partial charge on any atom is 0.400 e. The Kier molecular flexibility index (Phi) is 5.93. The molecule has 0 aromatic carbocycles. The molecule has 0 aliphatic carbocycles. The van der Waals surface area contributed by atoms with Crippen LogP contribution in [0.1, 0.15) is 27.7 Å². The average molecular weight is 220 g/mol. The van der Waals surface area contributed by atoms with Gasteiger partial charge in [0, 0.05) is 0 Å². The summed E-state index contributed by atoms with van der Waals surface area (Å²) in [6.45, 7) is 7.22. The van der Waals surface area contributed by atoms with Gasteiger partial charge < -0.3 is 9.05 Å². The normalized spacial score (nSPS) is 11.1. The maximum absolute atomic E-state index is 11.8. The van der Waals surface area contributed by atoms with Gasteiger partial charge in [0.1, 0.15) is 0 Å². The zero-order valence-corrected chi connectivity index (χ0v) is 9.97. The van der Waals surface area contributed by atoms with Crippen LogP contribution >= 0.6 is 7.60 Å².